The molecular weight excluding hydrogens is 398 g/mol. The van der Waals surface area contributed by atoms with Crippen LogP contribution in [0, 0.1) is 0 Å². The first-order valence-electron chi connectivity index (χ1n) is 13.3. The number of piperazine rings is 1. The number of aromatic nitrogens is 2. The zero-order valence-electron chi connectivity index (χ0n) is 20.5. The minimum absolute atomic E-state index is 0.346. The van der Waals surface area contributed by atoms with E-state index in [9.17, 15) is 0 Å². The van der Waals surface area contributed by atoms with Crippen molar-refractivity contribution in [1.82, 2.24) is 19.8 Å². The molecule has 32 heavy (non-hydrogen) atoms. The maximum atomic E-state index is 8.85. The van der Waals surface area contributed by atoms with Crippen LogP contribution in [0.2, 0.25) is 0 Å². The van der Waals surface area contributed by atoms with Crippen LogP contribution in [0.15, 0.2) is 12.4 Å². The fourth-order valence-corrected chi connectivity index (χ4v) is 6.00. The quantitative estimate of drug-likeness (QED) is 0.521. The van der Waals surface area contributed by atoms with Crippen LogP contribution in [0.4, 0.5) is 5.95 Å². The highest BCUT2D eigenvalue weighted by molar-refractivity contribution is 5.38. The van der Waals surface area contributed by atoms with Crippen LogP contribution in [0.5, 0.6) is 0 Å². The van der Waals surface area contributed by atoms with E-state index in [-0.39, 0.29) is 0 Å². The molecule has 4 rings (SSSR count). The Hall–Kier alpha value is -1.24. The fourth-order valence-electron chi connectivity index (χ4n) is 6.00. The zero-order chi connectivity index (χ0) is 22.3. The van der Waals surface area contributed by atoms with Gasteiger partial charge < -0.3 is 14.9 Å². The molecule has 4 heterocycles. The van der Waals surface area contributed by atoms with E-state index in [0.717, 1.165) is 25.5 Å². The van der Waals surface area contributed by atoms with Crippen molar-refractivity contribution in [3.8, 4) is 0 Å². The molecule has 0 spiro atoms. The normalized spacial score (nSPS) is 25.2. The number of fused-ring (bicyclic) bond motifs is 2. The maximum Gasteiger partial charge on any atom is 0.225 e. The zero-order valence-corrected chi connectivity index (χ0v) is 20.5. The number of aliphatic hydroxyl groups is 1. The number of likely N-dealkylation sites (tertiary alicyclic amines) is 2. The van der Waals surface area contributed by atoms with Gasteiger partial charge in [0, 0.05) is 50.2 Å². The molecule has 0 aromatic carbocycles. The first kappa shape index (κ1) is 23.9. The molecule has 2 unspecified atom stereocenters. The van der Waals surface area contributed by atoms with Gasteiger partial charge in [-0.1, -0.05) is 25.7 Å². The van der Waals surface area contributed by atoms with E-state index in [1.54, 1.807) is 0 Å². The number of unbranched alkanes of at least 4 members (excludes halogenated alkanes) is 5. The van der Waals surface area contributed by atoms with Crippen molar-refractivity contribution in [3.05, 3.63) is 18.0 Å². The largest absolute Gasteiger partial charge is 0.396 e. The van der Waals surface area contributed by atoms with Crippen molar-refractivity contribution in [2.24, 2.45) is 0 Å². The Labute approximate surface area is 195 Å². The highest BCUT2D eigenvalue weighted by Crippen LogP contribution is 2.34. The molecule has 3 aliphatic heterocycles. The molecule has 0 radical (unpaired) electrons. The highest BCUT2D eigenvalue weighted by Gasteiger charge is 2.41. The average molecular weight is 444 g/mol. The van der Waals surface area contributed by atoms with E-state index in [4.69, 9.17) is 15.1 Å². The van der Waals surface area contributed by atoms with Crippen LogP contribution in [0.3, 0.4) is 0 Å². The number of hydrogen-bond donors (Lipinski definition) is 1. The smallest absolute Gasteiger partial charge is 0.225 e. The summed E-state index contributed by atoms with van der Waals surface area (Å²) in [5, 5.41) is 8.85. The van der Waals surface area contributed by atoms with Gasteiger partial charge in [0.1, 0.15) is 0 Å². The van der Waals surface area contributed by atoms with Crippen molar-refractivity contribution >= 4 is 5.95 Å². The Balaban J connectivity index is 1.20. The maximum absolute atomic E-state index is 8.85. The van der Waals surface area contributed by atoms with E-state index in [2.05, 4.69) is 40.9 Å². The highest BCUT2D eigenvalue weighted by atomic mass is 16.2. The second-order valence-electron chi connectivity index (χ2n) is 10.6. The van der Waals surface area contributed by atoms with Crippen LogP contribution in [0.25, 0.3) is 0 Å². The van der Waals surface area contributed by atoms with E-state index < -0.39 is 0 Å². The summed E-state index contributed by atoms with van der Waals surface area (Å²) >= 11 is 0. The molecule has 2 bridgehead atoms. The van der Waals surface area contributed by atoms with Crippen molar-refractivity contribution in [1.29, 1.82) is 0 Å². The Kier molecular flexibility index (Phi) is 8.78. The third kappa shape index (κ3) is 6.00. The summed E-state index contributed by atoms with van der Waals surface area (Å²) in [5.41, 5.74) is 1.34. The van der Waals surface area contributed by atoms with Crippen LogP contribution in [0.1, 0.15) is 89.5 Å². The summed E-state index contributed by atoms with van der Waals surface area (Å²) in [5.74, 6) is 1.58. The van der Waals surface area contributed by atoms with E-state index in [1.807, 2.05) is 0 Å². The summed E-state index contributed by atoms with van der Waals surface area (Å²) in [4.78, 5) is 17.5. The van der Waals surface area contributed by atoms with E-state index >= 15 is 0 Å². The average Bonchev–Trinajstić information content (AvgIpc) is 3.07. The molecule has 1 aromatic heterocycles. The molecular formula is C26H45N5O. The number of piperidine rings is 1. The second kappa shape index (κ2) is 11.8. The number of aliphatic hydroxyl groups excluding tert-OH is 1. The second-order valence-corrected chi connectivity index (χ2v) is 10.6. The molecule has 6 nitrogen and oxygen atoms in total. The minimum Gasteiger partial charge on any atom is -0.396 e. The summed E-state index contributed by atoms with van der Waals surface area (Å²) < 4.78 is 0. The van der Waals surface area contributed by atoms with Gasteiger partial charge >= 0.3 is 0 Å². The van der Waals surface area contributed by atoms with Gasteiger partial charge in [0.15, 0.2) is 0 Å². The number of anilines is 1. The van der Waals surface area contributed by atoms with Crippen molar-refractivity contribution in [2.75, 3.05) is 44.2 Å². The Bertz CT molecular complexity index is 659. The topological polar surface area (TPSA) is 55.7 Å². The van der Waals surface area contributed by atoms with Gasteiger partial charge in [-0.15, -0.1) is 0 Å². The predicted octanol–water partition coefficient (Wildman–Crippen LogP) is 4.05. The Morgan fingerprint density at radius 3 is 2.06 bits per heavy atom. The van der Waals surface area contributed by atoms with Crippen molar-refractivity contribution in [2.45, 2.75) is 102 Å². The van der Waals surface area contributed by atoms with Crippen molar-refractivity contribution in [3.63, 3.8) is 0 Å². The summed E-state index contributed by atoms with van der Waals surface area (Å²) in [6.45, 7) is 10.9. The monoisotopic (exact) mass is 443 g/mol. The molecule has 180 valence electrons. The number of hydrogen-bond acceptors (Lipinski definition) is 6. The van der Waals surface area contributed by atoms with Crippen LogP contribution in [-0.4, -0.2) is 82.3 Å². The third-order valence-corrected chi connectivity index (χ3v) is 8.07. The summed E-state index contributed by atoms with van der Waals surface area (Å²) in [7, 11) is 0. The van der Waals surface area contributed by atoms with Gasteiger partial charge in [-0.3, -0.25) is 4.90 Å². The molecule has 3 fully saturated rings. The van der Waals surface area contributed by atoms with Gasteiger partial charge in [0.2, 0.25) is 5.95 Å². The molecule has 0 aliphatic carbocycles. The molecule has 3 aliphatic rings. The lowest BCUT2D eigenvalue weighted by Gasteiger charge is -2.42. The molecule has 1 N–H and O–H groups in total. The predicted molar refractivity (Wildman–Crippen MR) is 131 cm³/mol. The summed E-state index contributed by atoms with van der Waals surface area (Å²) in [6, 6.07) is 1.80. The Morgan fingerprint density at radius 2 is 1.47 bits per heavy atom. The molecule has 3 saturated heterocycles. The lowest BCUT2D eigenvalue weighted by molar-refractivity contribution is 0.176. The molecule has 0 amide bonds. The minimum atomic E-state index is 0.346. The van der Waals surface area contributed by atoms with E-state index in [1.165, 1.54) is 83.0 Å². The first-order chi connectivity index (χ1) is 15.7. The molecule has 1 aromatic rings. The molecule has 2 atom stereocenters. The summed E-state index contributed by atoms with van der Waals surface area (Å²) in [6.07, 6.45) is 16.7. The van der Waals surface area contributed by atoms with Crippen LogP contribution >= 0.6 is 0 Å². The first-order valence-corrected chi connectivity index (χ1v) is 13.3. The fraction of sp³-hybridized carbons (Fsp3) is 0.846. The number of nitrogens with zero attached hydrogens (tertiary/aromatic N) is 5. The van der Waals surface area contributed by atoms with Crippen LogP contribution in [-0.2, 0) is 0 Å². The van der Waals surface area contributed by atoms with Gasteiger partial charge in [-0.25, -0.2) is 9.97 Å². The van der Waals surface area contributed by atoms with Crippen molar-refractivity contribution < 1.29 is 5.11 Å². The lowest BCUT2D eigenvalue weighted by Crippen LogP contribution is -2.56. The SMILES string of the molecule is CC(C)N1CC2CCC(C1)N2c1ncc(C2CCN(CCCCCCCCO)CC2)cn1. The Morgan fingerprint density at radius 1 is 0.875 bits per heavy atom. The standard InChI is InChI=1S/C26H45N5O/c1-21(2)30-19-24-9-10-25(20-30)31(24)26-27-17-23(18-28-26)22-11-14-29(15-12-22)13-7-5-3-4-6-8-16-32/h17-18,21-22,24-25,32H,3-16,19-20H2,1-2H3. The van der Waals surface area contributed by atoms with E-state index in [0.29, 0.717) is 30.7 Å². The van der Waals surface area contributed by atoms with Gasteiger partial charge in [0.05, 0.1) is 0 Å². The van der Waals surface area contributed by atoms with Crippen LogP contribution < -0.4 is 4.90 Å². The number of rotatable bonds is 11. The van der Waals surface area contributed by atoms with Gasteiger partial charge in [-0.05, 0) is 83.5 Å². The third-order valence-electron chi connectivity index (χ3n) is 8.07. The molecule has 0 saturated carbocycles. The lowest BCUT2D eigenvalue weighted by atomic mass is 9.91. The van der Waals surface area contributed by atoms with Gasteiger partial charge in [-0.2, -0.15) is 0 Å². The van der Waals surface area contributed by atoms with Gasteiger partial charge in [0.25, 0.3) is 0 Å². The molecule has 6 heteroatoms.